The summed E-state index contributed by atoms with van der Waals surface area (Å²) in [7, 11) is 3.13. The second-order valence-electron chi connectivity index (χ2n) is 5.64. The number of hydrogen-bond donors (Lipinski definition) is 2. The van der Waals surface area contributed by atoms with Crippen LogP contribution in [-0.2, 0) is 0 Å². The lowest BCUT2D eigenvalue weighted by Crippen LogP contribution is -2.14. The van der Waals surface area contributed by atoms with Gasteiger partial charge in [0.1, 0.15) is 0 Å². The van der Waals surface area contributed by atoms with Crippen molar-refractivity contribution < 1.29 is 14.3 Å². The number of aromatic nitrogens is 2. The van der Waals surface area contributed by atoms with Crippen LogP contribution in [0.2, 0.25) is 0 Å². The predicted octanol–water partition coefficient (Wildman–Crippen LogP) is 3.36. The molecule has 3 rings (SSSR count). The standard InChI is InChI=1S/C20H17N5O3/c1-27-17-9-7-15(11-18(17)28-2)22-19-10-8-16(24-25-19)20(26)23-14-5-3-13(12-21)4-6-14/h3-11H,1-2H3,(H,22,25)(H,23,26). The molecule has 2 N–H and O–H groups in total. The first-order valence-corrected chi connectivity index (χ1v) is 8.27. The Bertz CT molecular complexity index is 1010. The fourth-order valence-electron chi connectivity index (χ4n) is 2.41. The number of nitrogens with one attached hydrogen (secondary N) is 2. The molecule has 28 heavy (non-hydrogen) atoms. The highest BCUT2D eigenvalue weighted by atomic mass is 16.5. The van der Waals surface area contributed by atoms with Crippen molar-refractivity contribution in [3.63, 3.8) is 0 Å². The first-order chi connectivity index (χ1) is 13.6. The van der Waals surface area contributed by atoms with E-state index in [4.69, 9.17) is 14.7 Å². The summed E-state index contributed by atoms with van der Waals surface area (Å²) >= 11 is 0. The van der Waals surface area contributed by atoms with Gasteiger partial charge in [0.15, 0.2) is 23.0 Å². The van der Waals surface area contributed by atoms with Gasteiger partial charge in [-0.05, 0) is 48.5 Å². The fourth-order valence-corrected chi connectivity index (χ4v) is 2.41. The van der Waals surface area contributed by atoms with Crippen molar-refractivity contribution in [2.45, 2.75) is 0 Å². The fraction of sp³-hybridized carbons (Fsp3) is 0.100. The van der Waals surface area contributed by atoms with E-state index in [1.165, 1.54) is 0 Å². The average Bonchev–Trinajstić information content (AvgIpc) is 2.74. The van der Waals surface area contributed by atoms with Crippen LogP contribution in [0.3, 0.4) is 0 Å². The van der Waals surface area contributed by atoms with Crippen LogP contribution in [0.5, 0.6) is 11.5 Å². The van der Waals surface area contributed by atoms with E-state index in [0.717, 1.165) is 5.69 Å². The molecule has 0 radical (unpaired) electrons. The Kier molecular flexibility index (Phi) is 5.67. The molecule has 1 heterocycles. The molecule has 0 saturated carbocycles. The summed E-state index contributed by atoms with van der Waals surface area (Å²) in [6, 6.07) is 17.1. The molecule has 1 amide bonds. The molecular weight excluding hydrogens is 358 g/mol. The summed E-state index contributed by atoms with van der Waals surface area (Å²) in [4.78, 5) is 12.3. The molecule has 2 aromatic carbocycles. The number of nitrogens with zero attached hydrogens (tertiary/aromatic N) is 3. The highest BCUT2D eigenvalue weighted by molar-refractivity contribution is 6.02. The van der Waals surface area contributed by atoms with Crippen LogP contribution >= 0.6 is 0 Å². The zero-order chi connectivity index (χ0) is 19.9. The van der Waals surface area contributed by atoms with Gasteiger partial charge in [0.2, 0.25) is 0 Å². The highest BCUT2D eigenvalue weighted by Crippen LogP contribution is 2.30. The third-order valence-corrected chi connectivity index (χ3v) is 3.82. The zero-order valence-corrected chi connectivity index (χ0v) is 15.3. The second-order valence-corrected chi connectivity index (χ2v) is 5.64. The second kappa shape index (κ2) is 8.51. The molecule has 0 aliphatic rings. The minimum Gasteiger partial charge on any atom is -0.493 e. The van der Waals surface area contributed by atoms with Crippen molar-refractivity contribution in [2.24, 2.45) is 0 Å². The van der Waals surface area contributed by atoms with Crippen molar-refractivity contribution >= 4 is 23.1 Å². The minimum absolute atomic E-state index is 0.169. The molecule has 0 atom stereocenters. The number of ether oxygens (including phenoxy) is 2. The first-order valence-electron chi connectivity index (χ1n) is 8.27. The Balaban J connectivity index is 1.67. The van der Waals surface area contributed by atoms with Crippen LogP contribution in [0.25, 0.3) is 0 Å². The maximum atomic E-state index is 12.3. The Morgan fingerprint density at radius 1 is 0.929 bits per heavy atom. The number of nitriles is 1. The number of methoxy groups -OCH3 is 2. The van der Waals surface area contributed by atoms with Crippen molar-refractivity contribution in [3.8, 4) is 17.6 Å². The molecule has 0 aliphatic carbocycles. The topological polar surface area (TPSA) is 109 Å². The Morgan fingerprint density at radius 3 is 2.25 bits per heavy atom. The lowest BCUT2D eigenvalue weighted by molar-refractivity contribution is 0.102. The van der Waals surface area contributed by atoms with Crippen LogP contribution in [0.1, 0.15) is 16.1 Å². The van der Waals surface area contributed by atoms with Crippen LogP contribution in [0, 0.1) is 11.3 Å². The molecule has 0 fully saturated rings. The van der Waals surface area contributed by atoms with Gasteiger partial charge >= 0.3 is 0 Å². The van der Waals surface area contributed by atoms with Gasteiger partial charge in [-0.3, -0.25) is 4.79 Å². The van der Waals surface area contributed by atoms with Gasteiger partial charge < -0.3 is 20.1 Å². The van der Waals surface area contributed by atoms with Gasteiger partial charge in [0, 0.05) is 17.4 Å². The van der Waals surface area contributed by atoms with E-state index in [-0.39, 0.29) is 5.69 Å². The van der Waals surface area contributed by atoms with E-state index in [0.29, 0.717) is 28.6 Å². The van der Waals surface area contributed by atoms with Crippen molar-refractivity contribution in [2.75, 3.05) is 24.9 Å². The quantitative estimate of drug-likeness (QED) is 0.680. The van der Waals surface area contributed by atoms with E-state index in [2.05, 4.69) is 20.8 Å². The normalized spacial score (nSPS) is 9.89. The summed E-state index contributed by atoms with van der Waals surface area (Å²) in [6.45, 7) is 0. The summed E-state index contributed by atoms with van der Waals surface area (Å²) in [5.41, 5.74) is 1.99. The van der Waals surface area contributed by atoms with Gasteiger partial charge in [-0.2, -0.15) is 5.26 Å². The molecule has 1 aromatic heterocycles. The van der Waals surface area contributed by atoms with Crippen molar-refractivity contribution in [3.05, 3.63) is 65.9 Å². The van der Waals surface area contributed by atoms with Gasteiger partial charge in [-0.1, -0.05) is 0 Å². The van der Waals surface area contributed by atoms with Gasteiger partial charge in [-0.25, -0.2) is 0 Å². The molecule has 0 unspecified atom stereocenters. The number of amides is 1. The lowest BCUT2D eigenvalue weighted by Gasteiger charge is -2.10. The number of benzene rings is 2. The number of carbonyl (C=O) groups is 1. The number of anilines is 3. The molecule has 8 nitrogen and oxygen atoms in total. The summed E-state index contributed by atoms with van der Waals surface area (Å²) in [5, 5.41) is 22.6. The Hall–Kier alpha value is -4.12. The van der Waals surface area contributed by atoms with E-state index < -0.39 is 5.91 Å². The largest absolute Gasteiger partial charge is 0.493 e. The number of carbonyl (C=O) groups excluding carboxylic acids is 1. The predicted molar refractivity (Wildman–Crippen MR) is 104 cm³/mol. The summed E-state index contributed by atoms with van der Waals surface area (Å²) in [6.07, 6.45) is 0. The molecule has 8 heteroatoms. The molecule has 3 aromatic rings. The zero-order valence-electron chi connectivity index (χ0n) is 15.3. The summed E-state index contributed by atoms with van der Waals surface area (Å²) < 4.78 is 10.5. The minimum atomic E-state index is -0.394. The average molecular weight is 375 g/mol. The molecule has 0 aliphatic heterocycles. The third-order valence-electron chi connectivity index (χ3n) is 3.82. The maximum absolute atomic E-state index is 12.3. The SMILES string of the molecule is COc1ccc(Nc2ccc(C(=O)Nc3ccc(C#N)cc3)nn2)cc1OC. The molecule has 0 saturated heterocycles. The van der Waals surface area contributed by atoms with Crippen molar-refractivity contribution in [1.29, 1.82) is 5.26 Å². The van der Waals surface area contributed by atoms with Crippen molar-refractivity contribution in [1.82, 2.24) is 10.2 Å². The third kappa shape index (κ3) is 4.34. The number of hydrogen-bond acceptors (Lipinski definition) is 7. The smallest absolute Gasteiger partial charge is 0.276 e. The van der Waals surface area contributed by atoms with Gasteiger partial charge in [-0.15, -0.1) is 10.2 Å². The van der Waals surface area contributed by atoms with Gasteiger partial charge in [0.25, 0.3) is 5.91 Å². The van der Waals surface area contributed by atoms with E-state index in [1.807, 2.05) is 12.1 Å². The summed E-state index contributed by atoms with van der Waals surface area (Å²) in [5.74, 6) is 1.28. The highest BCUT2D eigenvalue weighted by Gasteiger charge is 2.10. The Labute approximate surface area is 161 Å². The van der Waals surface area contributed by atoms with Crippen LogP contribution in [0.4, 0.5) is 17.2 Å². The molecule has 140 valence electrons. The van der Waals surface area contributed by atoms with E-state index in [1.54, 1.807) is 62.8 Å². The Morgan fingerprint density at radius 2 is 1.64 bits per heavy atom. The van der Waals surface area contributed by atoms with E-state index >= 15 is 0 Å². The lowest BCUT2D eigenvalue weighted by atomic mass is 10.2. The first kappa shape index (κ1) is 18.7. The van der Waals surface area contributed by atoms with Gasteiger partial charge in [0.05, 0.1) is 25.9 Å². The molecule has 0 spiro atoms. The van der Waals surface area contributed by atoms with Crippen LogP contribution in [-0.4, -0.2) is 30.3 Å². The monoisotopic (exact) mass is 375 g/mol. The maximum Gasteiger partial charge on any atom is 0.276 e. The number of rotatable bonds is 6. The molecular formula is C20H17N5O3. The van der Waals surface area contributed by atoms with Crippen LogP contribution in [0.15, 0.2) is 54.6 Å². The van der Waals surface area contributed by atoms with E-state index in [9.17, 15) is 4.79 Å². The molecule has 0 bridgehead atoms. The van der Waals surface area contributed by atoms with Crippen LogP contribution < -0.4 is 20.1 Å².